The molecule has 0 aromatic carbocycles. The van der Waals surface area contributed by atoms with Crippen molar-refractivity contribution in [1.29, 1.82) is 0 Å². The maximum absolute atomic E-state index is 11.7. The second-order valence-corrected chi connectivity index (χ2v) is 5.86. The molecule has 1 N–H and O–H groups in total. The molecule has 0 amide bonds. The summed E-state index contributed by atoms with van der Waals surface area (Å²) in [5, 5.41) is 3.23. The number of fused-ring (bicyclic) bond motifs is 1. The quantitative estimate of drug-likeness (QED) is 0.746. The van der Waals surface area contributed by atoms with E-state index < -0.39 is 0 Å². The Bertz CT molecular complexity index is 296. The summed E-state index contributed by atoms with van der Waals surface area (Å²) in [6.45, 7) is 5.07. The monoisotopic (exact) mass is 268 g/mol. The van der Waals surface area contributed by atoms with Crippen molar-refractivity contribution in [3.8, 4) is 0 Å². The van der Waals surface area contributed by atoms with Gasteiger partial charge in [-0.15, -0.1) is 0 Å². The summed E-state index contributed by atoms with van der Waals surface area (Å²) in [6, 6.07) is 0.644. The zero-order valence-electron chi connectivity index (χ0n) is 12.4. The highest BCUT2D eigenvalue weighted by Crippen LogP contribution is 2.36. The van der Waals surface area contributed by atoms with Gasteiger partial charge in [0, 0.05) is 12.6 Å². The maximum Gasteiger partial charge on any atom is 0.322 e. The lowest BCUT2D eigenvalue weighted by Crippen LogP contribution is -2.46. The number of hydrogen-bond acceptors (Lipinski definition) is 4. The molecule has 4 nitrogen and oxygen atoms in total. The molecule has 0 radical (unpaired) electrons. The summed E-state index contributed by atoms with van der Waals surface area (Å²) in [7, 11) is 1.47. The minimum absolute atomic E-state index is 0.123. The molecule has 1 saturated carbocycles. The summed E-state index contributed by atoms with van der Waals surface area (Å²) in [5.74, 6) is 0.797. The molecule has 19 heavy (non-hydrogen) atoms. The smallest absolute Gasteiger partial charge is 0.322 e. The first-order chi connectivity index (χ1) is 9.26. The third-order valence-corrected chi connectivity index (χ3v) is 4.75. The van der Waals surface area contributed by atoms with E-state index in [1.807, 2.05) is 6.92 Å². The molecular weight excluding hydrogens is 240 g/mol. The largest absolute Gasteiger partial charge is 0.468 e. The molecule has 3 atom stereocenters. The van der Waals surface area contributed by atoms with Gasteiger partial charge in [0.1, 0.15) is 6.04 Å². The van der Waals surface area contributed by atoms with Gasteiger partial charge in [0.25, 0.3) is 0 Å². The molecule has 1 heterocycles. The van der Waals surface area contributed by atoms with Gasteiger partial charge in [0.15, 0.2) is 0 Å². The number of carbonyl (C=O) groups excluding carboxylic acids is 1. The van der Waals surface area contributed by atoms with Gasteiger partial charge in [0.05, 0.1) is 7.11 Å². The average Bonchev–Trinajstić information content (AvgIpc) is 2.91. The summed E-state index contributed by atoms with van der Waals surface area (Å²) in [5.41, 5.74) is 0. The molecule has 2 aliphatic rings. The van der Waals surface area contributed by atoms with Crippen LogP contribution in [0.15, 0.2) is 0 Å². The Morgan fingerprint density at radius 2 is 2.16 bits per heavy atom. The molecule has 3 unspecified atom stereocenters. The van der Waals surface area contributed by atoms with Gasteiger partial charge in [-0.25, -0.2) is 0 Å². The highest BCUT2D eigenvalue weighted by Gasteiger charge is 2.35. The van der Waals surface area contributed by atoms with E-state index in [9.17, 15) is 4.79 Å². The molecule has 110 valence electrons. The first-order valence-electron chi connectivity index (χ1n) is 7.81. The van der Waals surface area contributed by atoms with Gasteiger partial charge in [0.2, 0.25) is 0 Å². The maximum atomic E-state index is 11.7. The van der Waals surface area contributed by atoms with Crippen LogP contribution in [0.1, 0.15) is 45.4 Å². The first kappa shape index (κ1) is 14.8. The number of methoxy groups -OCH3 is 1. The number of piperidine rings is 1. The average molecular weight is 268 g/mol. The van der Waals surface area contributed by atoms with Crippen LogP contribution in [0.3, 0.4) is 0 Å². The zero-order valence-corrected chi connectivity index (χ0v) is 12.4. The van der Waals surface area contributed by atoms with Crippen molar-refractivity contribution in [2.75, 3.05) is 26.7 Å². The van der Waals surface area contributed by atoms with E-state index in [2.05, 4.69) is 10.2 Å². The third kappa shape index (κ3) is 3.69. The summed E-state index contributed by atoms with van der Waals surface area (Å²) < 4.78 is 4.87. The second kappa shape index (κ2) is 7.25. The molecular formula is C15H28N2O2. The van der Waals surface area contributed by atoms with E-state index in [4.69, 9.17) is 4.74 Å². The number of rotatable bonds is 6. The number of nitrogens with zero attached hydrogens (tertiary/aromatic N) is 1. The fraction of sp³-hybridized carbons (Fsp3) is 0.933. The fourth-order valence-corrected chi connectivity index (χ4v) is 3.82. The lowest BCUT2D eigenvalue weighted by atomic mass is 9.91. The SMILES string of the molecule is CCNC(CCN1CCCC2CCCC21)C(=O)OC. The highest BCUT2D eigenvalue weighted by atomic mass is 16.5. The normalized spacial score (nSPS) is 28.9. The number of ether oxygens (including phenoxy) is 1. The van der Waals surface area contributed by atoms with Gasteiger partial charge < -0.3 is 15.0 Å². The Hall–Kier alpha value is -0.610. The van der Waals surface area contributed by atoms with Crippen molar-refractivity contribution in [1.82, 2.24) is 10.2 Å². The Kier molecular flexibility index (Phi) is 5.64. The fourth-order valence-electron chi connectivity index (χ4n) is 3.82. The molecule has 0 aromatic rings. The van der Waals surface area contributed by atoms with Crippen LogP contribution in [-0.4, -0.2) is 49.7 Å². The van der Waals surface area contributed by atoms with E-state index in [0.717, 1.165) is 31.5 Å². The van der Waals surface area contributed by atoms with Gasteiger partial charge in [-0.2, -0.15) is 0 Å². The van der Waals surface area contributed by atoms with Crippen LogP contribution in [0.5, 0.6) is 0 Å². The molecule has 1 aliphatic carbocycles. The van der Waals surface area contributed by atoms with Crippen molar-refractivity contribution in [2.24, 2.45) is 5.92 Å². The van der Waals surface area contributed by atoms with Gasteiger partial charge in [-0.05, 0) is 51.1 Å². The number of carbonyl (C=O) groups is 1. The van der Waals surface area contributed by atoms with E-state index >= 15 is 0 Å². The van der Waals surface area contributed by atoms with Crippen LogP contribution in [0.2, 0.25) is 0 Å². The van der Waals surface area contributed by atoms with Crippen molar-refractivity contribution in [2.45, 2.75) is 57.5 Å². The number of hydrogen-bond donors (Lipinski definition) is 1. The zero-order chi connectivity index (χ0) is 13.7. The second-order valence-electron chi connectivity index (χ2n) is 5.86. The number of nitrogens with one attached hydrogen (secondary N) is 1. The molecule has 0 spiro atoms. The Morgan fingerprint density at radius 3 is 2.89 bits per heavy atom. The summed E-state index contributed by atoms with van der Waals surface area (Å²) in [4.78, 5) is 14.3. The Balaban J connectivity index is 1.83. The molecule has 1 aliphatic heterocycles. The van der Waals surface area contributed by atoms with Gasteiger partial charge >= 0.3 is 5.97 Å². The van der Waals surface area contributed by atoms with Gasteiger partial charge in [-0.1, -0.05) is 13.3 Å². The Morgan fingerprint density at radius 1 is 1.37 bits per heavy atom. The molecule has 0 aromatic heterocycles. The van der Waals surface area contributed by atoms with Crippen molar-refractivity contribution in [3.63, 3.8) is 0 Å². The van der Waals surface area contributed by atoms with Crippen molar-refractivity contribution >= 4 is 5.97 Å². The van der Waals surface area contributed by atoms with Crippen LogP contribution >= 0.6 is 0 Å². The number of esters is 1. The standard InChI is InChI=1S/C15H28N2O2/c1-3-16-13(15(18)19-2)9-11-17-10-5-7-12-6-4-8-14(12)17/h12-14,16H,3-11H2,1-2H3. The molecule has 2 fully saturated rings. The predicted octanol–water partition coefficient (Wildman–Crippen LogP) is 1.79. The first-order valence-corrected chi connectivity index (χ1v) is 7.81. The minimum atomic E-state index is -0.142. The van der Waals surface area contributed by atoms with Crippen LogP contribution in [0, 0.1) is 5.92 Å². The molecule has 1 saturated heterocycles. The van der Waals surface area contributed by atoms with Crippen LogP contribution < -0.4 is 5.32 Å². The highest BCUT2D eigenvalue weighted by molar-refractivity contribution is 5.75. The van der Waals surface area contributed by atoms with E-state index in [0.29, 0.717) is 0 Å². The lowest BCUT2D eigenvalue weighted by molar-refractivity contribution is -0.143. The summed E-state index contributed by atoms with van der Waals surface area (Å²) in [6.07, 6.45) is 7.76. The van der Waals surface area contributed by atoms with Crippen LogP contribution in [0.4, 0.5) is 0 Å². The third-order valence-electron chi connectivity index (χ3n) is 4.75. The number of likely N-dealkylation sites (N-methyl/N-ethyl adjacent to an activating group) is 1. The topological polar surface area (TPSA) is 41.6 Å². The lowest BCUT2D eigenvalue weighted by Gasteiger charge is -2.38. The predicted molar refractivity (Wildman–Crippen MR) is 76.0 cm³/mol. The summed E-state index contributed by atoms with van der Waals surface area (Å²) >= 11 is 0. The Labute approximate surface area is 116 Å². The molecule has 0 bridgehead atoms. The van der Waals surface area contributed by atoms with Crippen LogP contribution in [0.25, 0.3) is 0 Å². The molecule has 4 heteroatoms. The van der Waals surface area contributed by atoms with Gasteiger partial charge in [-0.3, -0.25) is 4.79 Å². The van der Waals surface area contributed by atoms with Crippen molar-refractivity contribution in [3.05, 3.63) is 0 Å². The van der Waals surface area contributed by atoms with Crippen molar-refractivity contribution < 1.29 is 9.53 Å². The molecule has 2 rings (SSSR count). The van der Waals surface area contributed by atoms with E-state index in [1.165, 1.54) is 45.8 Å². The number of likely N-dealkylation sites (tertiary alicyclic amines) is 1. The van der Waals surface area contributed by atoms with E-state index in [1.54, 1.807) is 0 Å². The van der Waals surface area contributed by atoms with E-state index in [-0.39, 0.29) is 12.0 Å². The minimum Gasteiger partial charge on any atom is -0.468 e. The van der Waals surface area contributed by atoms with Crippen LogP contribution in [-0.2, 0) is 9.53 Å².